The maximum Gasteiger partial charge on any atom is 0.261 e. The van der Waals surface area contributed by atoms with Crippen molar-refractivity contribution in [3.05, 3.63) is 59.4 Å². The van der Waals surface area contributed by atoms with Crippen LogP contribution in [0.4, 0.5) is 14.5 Å². The third kappa shape index (κ3) is 2.59. The van der Waals surface area contributed by atoms with E-state index < -0.39 is 17.7 Å². The molecule has 3 nitrogen and oxygen atoms in total. The van der Waals surface area contributed by atoms with Gasteiger partial charge in [0.25, 0.3) is 5.91 Å². The van der Waals surface area contributed by atoms with Gasteiger partial charge in [0.05, 0.1) is 5.56 Å². The number of benzene rings is 1. The van der Waals surface area contributed by atoms with Crippen molar-refractivity contribution in [3.63, 3.8) is 0 Å². The first-order chi connectivity index (χ1) is 9.00. The summed E-state index contributed by atoms with van der Waals surface area (Å²) in [4.78, 5) is 16.5. The van der Waals surface area contributed by atoms with E-state index in [1.807, 2.05) is 13.0 Å². The highest BCUT2D eigenvalue weighted by atomic mass is 19.2. The molecule has 2 aromatic rings. The molecule has 0 aliphatic carbocycles. The molecule has 1 amide bonds. The monoisotopic (exact) mass is 262 g/mol. The first kappa shape index (κ1) is 13.1. The quantitative estimate of drug-likeness (QED) is 0.780. The standard InChI is InChI=1S/C14H12F2N2O/c1-9-4-3-5-10(8-9)18(2)14(19)11-6-7-17-13(16)12(11)15/h3-8H,1-2H3. The van der Waals surface area contributed by atoms with Gasteiger partial charge in [0.2, 0.25) is 5.95 Å². The van der Waals surface area contributed by atoms with Gasteiger partial charge in [-0.3, -0.25) is 4.79 Å². The van der Waals surface area contributed by atoms with Crippen LogP contribution >= 0.6 is 0 Å². The van der Waals surface area contributed by atoms with E-state index in [1.54, 1.807) is 18.2 Å². The Hall–Kier alpha value is -2.30. The molecule has 5 heteroatoms. The predicted molar refractivity (Wildman–Crippen MR) is 68.1 cm³/mol. The lowest BCUT2D eigenvalue weighted by atomic mass is 10.2. The molecule has 19 heavy (non-hydrogen) atoms. The Morgan fingerprint density at radius 2 is 2.00 bits per heavy atom. The van der Waals surface area contributed by atoms with Gasteiger partial charge >= 0.3 is 0 Å². The fourth-order valence-electron chi connectivity index (χ4n) is 1.72. The number of rotatable bonds is 2. The highest BCUT2D eigenvalue weighted by Gasteiger charge is 2.20. The van der Waals surface area contributed by atoms with E-state index in [-0.39, 0.29) is 5.56 Å². The minimum atomic E-state index is -1.27. The molecule has 0 aliphatic rings. The Kier molecular flexibility index (Phi) is 3.55. The number of amides is 1. The lowest BCUT2D eigenvalue weighted by Gasteiger charge is -2.18. The zero-order valence-corrected chi connectivity index (χ0v) is 10.5. The average Bonchev–Trinajstić information content (AvgIpc) is 2.40. The summed E-state index contributed by atoms with van der Waals surface area (Å²) in [5.41, 5.74) is 1.25. The van der Waals surface area contributed by atoms with Crippen molar-refractivity contribution in [2.75, 3.05) is 11.9 Å². The molecule has 0 atom stereocenters. The topological polar surface area (TPSA) is 33.2 Å². The smallest absolute Gasteiger partial charge is 0.261 e. The van der Waals surface area contributed by atoms with Crippen LogP contribution in [-0.2, 0) is 0 Å². The van der Waals surface area contributed by atoms with Crippen molar-refractivity contribution in [3.8, 4) is 0 Å². The SMILES string of the molecule is Cc1cccc(N(C)C(=O)c2ccnc(F)c2F)c1. The van der Waals surface area contributed by atoms with Crippen LogP contribution in [0.5, 0.6) is 0 Å². The van der Waals surface area contributed by atoms with Crippen LogP contribution in [0.25, 0.3) is 0 Å². The molecule has 98 valence electrons. The molecule has 0 saturated heterocycles. The zero-order chi connectivity index (χ0) is 14.0. The van der Waals surface area contributed by atoms with E-state index in [9.17, 15) is 13.6 Å². The molecule has 0 N–H and O–H groups in total. The molecule has 0 spiro atoms. The van der Waals surface area contributed by atoms with Gasteiger partial charge in [-0.2, -0.15) is 4.39 Å². The van der Waals surface area contributed by atoms with Gasteiger partial charge in [-0.1, -0.05) is 12.1 Å². The zero-order valence-electron chi connectivity index (χ0n) is 10.5. The van der Waals surface area contributed by atoms with Crippen molar-refractivity contribution >= 4 is 11.6 Å². The number of pyridine rings is 1. The van der Waals surface area contributed by atoms with Gasteiger partial charge in [0.15, 0.2) is 5.82 Å². The van der Waals surface area contributed by atoms with Crippen molar-refractivity contribution in [2.24, 2.45) is 0 Å². The van der Waals surface area contributed by atoms with Gasteiger partial charge in [-0.15, -0.1) is 0 Å². The van der Waals surface area contributed by atoms with Crippen LogP contribution in [0.15, 0.2) is 36.5 Å². The van der Waals surface area contributed by atoms with Crippen LogP contribution < -0.4 is 4.90 Å². The summed E-state index contributed by atoms with van der Waals surface area (Å²) in [5, 5.41) is 0. The fraction of sp³-hybridized carbons (Fsp3) is 0.143. The molecule has 1 aromatic carbocycles. The van der Waals surface area contributed by atoms with Crippen LogP contribution in [0.1, 0.15) is 15.9 Å². The third-order valence-electron chi connectivity index (χ3n) is 2.77. The average molecular weight is 262 g/mol. The minimum absolute atomic E-state index is 0.337. The van der Waals surface area contributed by atoms with Crippen LogP contribution in [0.2, 0.25) is 0 Å². The first-order valence-electron chi connectivity index (χ1n) is 5.65. The molecule has 1 heterocycles. The second-order valence-electron chi connectivity index (χ2n) is 4.17. The molecule has 0 radical (unpaired) electrons. The number of carbonyl (C=O) groups excluding carboxylic acids is 1. The Morgan fingerprint density at radius 1 is 1.26 bits per heavy atom. The summed E-state index contributed by atoms with van der Waals surface area (Å²) in [5.74, 6) is -3.13. The molecule has 2 rings (SSSR count). The van der Waals surface area contributed by atoms with E-state index in [0.29, 0.717) is 5.69 Å². The van der Waals surface area contributed by atoms with Gasteiger partial charge in [-0.25, -0.2) is 9.37 Å². The number of aromatic nitrogens is 1. The molecule has 0 aliphatic heterocycles. The normalized spacial score (nSPS) is 10.3. The second-order valence-corrected chi connectivity index (χ2v) is 4.17. The summed E-state index contributed by atoms with van der Waals surface area (Å²) in [6.07, 6.45) is 1.07. The molecule has 0 unspecified atom stereocenters. The number of hydrogen-bond acceptors (Lipinski definition) is 2. The van der Waals surface area contributed by atoms with E-state index >= 15 is 0 Å². The molecule has 0 fully saturated rings. The fourth-order valence-corrected chi connectivity index (χ4v) is 1.72. The Bertz CT molecular complexity index is 629. The summed E-state index contributed by atoms with van der Waals surface area (Å²) in [7, 11) is 1.51. The first-order valence-corrected chi connectivity index (χ1v) is 5.65. The summed E-state index contributed by atoms with van der Waals surface area (Å²) in [6.45, 7) is 1.88. The molecular weight excluding hydrogens is 250 g/mol. The predicted octanol–water partition coefficient (Wildman–Crippen LogP) is 2.94. The van der Waals surface area contributed by atoms with Crippen molar-refractivity contribution < 1.29 is 13.6 Å². The van der Waals surface area contributed by atoms with Crippen LogP contribution in [0.3, 0.4) is 0 Å². The molecule has 1 aromatic heterocycles. The van der Waals surface area contributed by atoms with E-state index in [1.165, 1.54) is 11.9 Å². The van der Waals surface area contributed by atoms with Crippen LogP contribution in [0, 0.1) is 18.7 Å². The van der Waals surface area contributed by atoms with E-state index in [4.69, 9.17) is 0 Å². The van der Waals surface area contributed by atoms with Crippen molar-refractivity contribution in [1.82, 2.24) is 4.98 Å². The van der Waals surface area contributed by atoms with Crippen molar-refractivity contribution in [2.45, 2.75) is 6.92 Å². The van der Waals surface area contributed by atoms with Crippen LogP contribution in [-0.4, -0.2) is 17.9 Å². The van der Waals surface area contributed by atoms with Gasteiger partial charge in [0.1, 0.15) is 0 Å². The van der Waals surface area contributed by atoms with Gasteiger partial charge in [0, 0.05) is 18.9 Å². The lowest BCUT2D eigenvalue weighted by molar-refractivity contribution is 0.0987. The second kappa shape index (κ2) is 5.14. The number of carbonyl (C=O) groups is 1. The van der Waals surface area contributed by atoms with Crippen molar-refractivity contribution in [1.29, 1.82) is 0 Å². The maximum atomic E-state index is 13.5. The maximum absolute atomic E-state index is 13.5. The molecular formula is C14H12F2N2O. The Labute approximate surface area is 109 Å². The highest BCUT2D eigenvalue weighted by Crippen LogP contribution is 2.18. The summed E-state index contributed by atoms with van der Waals surface area (Å²) >= 11 is 0. The van der Waals surface area contributed by atoms with E-state index in [0.717, 1.165) is 17.8 Å². The highest BCUT2D eigenvalue weighted by molar-refractivity contribution is 6.05. The minimum Gasteiger partial charge on any atom is -0.311 e. The Balaban J connectivity index is 2.36. The number of anilines is 1. The number of halogens is 2. The molecule has 0 saturated carbocycles. The number of hydrogen-bond donors (Lipinski definition) is 0. The lowest BCUT2D eigenvalue weighted by Crippen LogP contribution is -2.27. The summed E-state index contributed by atoms with van der Waals surface area (Å²) in [6, 6.07) is 8.34. The number of aryl methyl sites for hydroxylation is 1. The Morgan fingerprint density at radius 3 is 2.68 bits per heavy atom. The molecule has 0 bridgehead atoms. The van der Waals surface area contributed by atoms with Gasteiger partial charge in [-0.05, 0) is 30.7 Å². The number of nitrogens with zero attached hydrogens (tertiary/aromatic N) is 2. The van der Waals surface area contributed by atoms with E-state index in [2.05, 4.69) is 4.98 Å². The summed E-state index contributed by atoms with van der Waals surface area (Å²) < 4.78 is 26.5. The largest absolute Gasteiger partial charge is 0.311 e. The van der Waals surface area contributed by atoms with Gasteiger partial charge < -0.3 is 4.90 Å². The third-order valence-corrected chi connectivity index (χ3v) is 2.77.